The van der Waals surface area contributed by atoms with Crippen LogP contribution in [0.2, 0.25) is 5.02 Å². The summed E-state index contributed by atoms with van der Waals surface area (Å²) >= 11 is 6.12. The van der Waals surface area contributed by atoms with E-state index in [1.54, 1.807) is 0 Å². The number of hydrogen-bond donors (Lipinski definition) is 1. The van der Waals surface area contributed by atoms with Gasteiger partial charge in [-0.15, -0.1) is 0 Å². The highest BCUT2D eigenvalue weighted by Gasteiger charge is 2.42. The standard InChI is InChI=1S/C28H37ClN2O/c1-22-7-3-4-8-24(22)20-28(32)25(19-23-11-13-27(29)14-12-23)9-5-6-10-26(28)21-31-17-15-30(2)16-18-31/h3-4,7-8,11-14,19,26,32H,5-6,9-10,15-18,20-21H2,1-2H3. The fourth-order valence-corrected chi connectivity index (χ4v) is 5.45. The summed E-state index contributed by atoms with van der Waals surface area (Å²) in [6.07, 6.45) is 7.24. The van der Waals surface area contributed by atoms with Crippen molar-refractivity contribution in [3.8, 4) is 0 Å². The van der Waals surface area contributed by atoms with Crippen molar-refractivity contribution in [2.24, 2.45) is 5.92 Å². The van der Waals surface area contributed by atoms with E-state index in [2.05, 4.69) is 66.2 Å². The average molecular weight is 453 g/mol. The van der Waals surface area contributed by atoms with Crippen LogP contribution in [0.1, 0.15) is 42.4 Å². The van der Waals surface area contributed by atoms with E-state index in [0.717, 1.165) is 62.6 Å². The molecule has 4 rings (SSSR count). The molecule has 2 unspecified atom stereocenters. The monoisotopic (exact) mass is 452 g/mol. The van der Waals surface area contributed by atoms with Crippen LogP contribution in [-0.2, 0) is 6.42 Å². The molecule has 0 aromatic heterocycles. The summed E-state index contributed by atoms with van der Waals surface area (Å²) in [6, 6.07) is 16.5. The number of likely N-dealkylation sites (N-methyl/N-ethyl adjacent to an activating group) is 1. The van der Waals surface area contributed by atoms with Gasteiger partial charge < -0.3 is 14.9 Å². The van der Waals surface area contributed by atoms with Gasteiger partial charge in [0, 0.05) is 50.1 Å². The largest absolute Gasteiger partial charge is 0.385 e. The smallest absolute Gasteiger partial charge is 0.0940 e. The molecular weight excluding hydrogens is 416 g/mol. The molecule has 3 nitrogen and oxygen atoms in total. The first-order valence-corrected chi connectivity index (χ1v) is 12.5. The van der Waals surface area contributed by atoms with Gasteiger partial charge in [0.05, 0.1) is 5.60 Å². The van der Waals surface area contributed by atoms with Crippen LogP contribution in [0.3, 0.4) is 0 Å². The molecule has 0 radical (unpaired) electrons. The summed E-state index contributed by atoms with van der Waals surface area (Å²) < 4.78 is 0. The summed E-state index contributed by atoms with van der Waals surface area (Å²) in [6.45, 7) is 7.52. The van der Waals surface area contributed by atoms with E-state index in [-0.39, 0.29) is 5.92 Å². The molecule has 2 aromatic rings. The van der Waals surface area contributed by atoms with Gasteiger partial charge in [-0.05, 0) is 67.6 Å². The molecular formula is C28H37ClN2O. The average Bonchev–Trinajstić information content (AvgIpc) is 2.92. The molecule has 172 valence electrons. The summed E-state index contributed by atoms with van der Waals surface area (Å²) in [7, 11) is 2.20. The maximum absolute atomic E-state index is 12.5. The Labute approximate surface area is 198 Å². The van der Waals surface area contributed by atoms with Gasteiger partial charge in [0.25, 0.3) is 0 Å². The van der Waals surface area contributed by atoms with E-state index in [4.69, 9.17) is 11.6 Å². The fraction of sp³-hybridized carbons (Fsp3) is 0.500. The Hall–Kier alpha value is -1.65. The Morgan fingerprint density at radius 1 is 1.03 bits per heavy atom. The van der Waals surface area contributed by atoms with Gasteiger partial charge in [-0.3, -0.25) is 0 Å². The van der Waals surface area contributed by atoms with Crippen molar-refractivity contribution in [3.63, 3.8) is 0 Å². The summed E-state index contributed by atoms with van der Waals surface area (Å²) in [5.74, 6) is 0.228. The normalized spacial score (nSPS) is 26.9. The maximum atomic E-state index is 12.5. The first kappa shape index (κ1) is 23.5. The van der Waals surface area contributed by atoms with Crippen molar-refractivity contribution < 1.29 is 5.11 Å². The van der Waals surface area contributed by atoms with E-state index in [9.17, 15) is 5.11 Å². The van der Waals surface area contributed by atoms with Crippen LogP contribution in [0.4, 0.5) is 0 Å². The molecule has 0 spiro atoms. The van der Waals surface area contributed by atoms with Gasteiger partial charge in [-0.25, -0.2) is 0 Å². The molecule has 1 aliphatic carbocycles. The first-order chi connectivity index (χ1) is 15.4. The predicted octanol–water partition coefficient (Wildman–Crippen LogP) is 5.44. The number of hydrogen-bond acceptors (Lipinski definition) is 3. The summed E-state index contributed by atoms with van der Waals surface area (Å²) in [5.41, 5.74) is 3.97. The Morgan fingerprint density at radius 3 is 2.47 bits per heavy atom. The number of aliphatic hydroxyl groups is 1. The molecule has 2 atom stereocenters. The minimum absolute atomic E-state index is 0.228. The van der Waals surface area contributed by atoms with Crippen LogP contribution in [0, 0.1) is 12.8 Å². The van der Waals surface area contributed by atoms with Crippen molar-refractivity contribution in [1.29, 1.82) is 0 Å². The number of rotatable bonds is 5. The van der Waals surface area contributed by atoms with Crippen LogP contribution < -0.4 is 0 Å². The number of nitrogens with zero attached hydrogens (tertiary/aromatic N) is 2. The van der Waals surface area contributed by atoms with Gasteiger partial charge in [-0.2, -0.15) is 0 Å². The molecule has 1 saturated heterocycles. The molecule has 1 heterocycles. The molecule has 2 fully saturated rings. The molecule has 0 bridgehead atoms. The number of aryl methyl sites for hydroxylation is 1. The quantitative estimate of drug-likeness (QED) is 0.611. The molecule has 4 heteroatoms. The van der Waals surface area contributed by atoms with E-state index >= 15 is 0 Å². The lowest BCUT2D eigenvalue weighted by atomic mass is 9.74. The Morgan fingerprint density at radius 2 is 1.75 bits per heavy atom. The van der Waals surface area contributed by atoms with Crippen molar-refractivity contribution in [2.75, 3.05) is 39.8 Å². The number of piperazine rings is 1. The number of halogens is 1. The van der Waals surface area contributed by atoms with Crippen molar-refractivity contribution in [1.82, 2.24) is 9.80 Å². The van der Waals surface area contributed by atoms with Crippen LogP contribution >= 0.6 is 11.6 Å². The highest BCUT2D eigenvalue weighted by Crippen LogP contribution is 2.41. The van der Waals surface area contributed by atoms with Crippen molar-refractivity contribution >= 4 is 17.7 Å². The van der Waals surface area contributed by atoms with Gasteiger partial charge in [0.2, 0.25) is 0 Å². The molecule has 2 aliphatic rings. The second-order valence-electron chi connectivity index (χ2n) is 9.80. The SMILES string of the molecule is Cc1ccccc1CC1(O)C(=Cc2ccc(Cl)cc2)CCCCC1CN1CCN(C)CC1. The second-order valence-corrected chi connectivity index (χ2v) is 10.2. The highest BCUT2D eigenvalue weighted by atomic mass is 35.5. The van der Waals surface area contributed by atoms with Crippen molar-refractivity contribution in [3.05, 3.63) is 75.8 Å². The molecule has 1 N–H and O–H groups in total. The summed E-state index contributed by atoms with van der Waals surface area (Å²) in [4.78, 5) is 4.97. The van der Waals surface area contributed by atoms with Gasteiger partial charge in [-0.1, -0.05) is 60.5 Å². The van der Waals surface area contributed by atoms with Crippen LogP contribution in [0.25, 0.3) is 6.08 Å². The molecule has 1 saturated carbocycles. The first-order valence-electron chi connectivity index (χ1n) is 12.1. The lowest BCUT2D eigenvalue weighted by Gasteiger charge is -2.42. The van der Waals surface area contributed by atoms with E-state index in [0.29, 0.717) is 6.42 Å². The van der Waals surface area contributed by atoms with E-state index in [1.807, 2.05) is 12.1 Å². The zero-order chi connectivity index (χ0) is 22.6. The second kappa shape index (κ2) is 10.5. The van der Waals surface area contributed by atoms with Gasteiger partial charge in [0.1, 0.15) is 0 Å². The fourth-order valence-electron chi connectivity index (χ4n) is 5.32. The third-order valence-corrected chi connectivity index (χ3v) is 7.74. The molecule has 32 heavy (non-hydrogen) atoms. The minimum Gasteiger partial charge on any atom is -0.385 e. The lowest BCUT2D eigenvalue weighted by Crippen LogP contribution is -2.51. The van der Waals surface area contributed by atoms with Gasteiger partial charge >= 0.3 is 0 Å². The van der Waals surface area contributed by atoms with Crippen LogP contribution in [0.5, 0.6) is 0 Å². The van der Waals surface area contributed by atoms with Gasteiger partial charge in [0.15, 0.2) is 0 Å². The topological polar surface area (TPSA) is 26.7 Å². The molecule has 2 aromatic carbocycles. The van der Waals surface area contributed by atoms with Crippen LogP contribution in [0.15, 0.2) is 54.1 Å². The highest BCUT2D eigenvalue weighted by molar-refractivity contribution is 6.30. The predicted molar refractivity (Wildman–Crippen MR) is 135 cm³/mol. The lowest BCUT2D eigenvalue weighted by molar-refractivity contribution is -0.00653. The minimum atomic E-state index is -0.842. The zero-order valence-electron chi connectivity index (χ0n) is 19.6. The Bertz CT molecular complexity index is 917. The Balaban J connectivity index is 1.69. The van der Waals surface area contributed by atoms with Crippen LogP contribution in [-0.4, -0.2) is 60.3 Å². The summed E-state index contributed by atoms with van der Waals surface area (Å²) in [5, 5.41) is 13.3. The van der Waals surface area contributed by atoms with Crippen molar-refractivity contribution in [2.45, 2.75) is 44.6 Å². The van der Waals surface area contributed by atoms with E-state index in [1.165, 1.54) is 23.1 Å². The maximum Gasteiger partial charge on any atom is 0.0940 e. The third-order valence-electron chi connectivity index (χ3n) is 7.49. The Kier molecular flexibility index (Phi) is 7.73. The number of benzene rings is 2. The third kappa shape index (κ3) is 5.63. The molecule has 0 amide bonds. The zero-order valence-corrected chi connectivity index (χ0v) is 20.3. The van der Waals surface area contributed by atoms with E-state index < -0.39 is 5.60 Å². The molecule has 1 aliphatic heterocycles.